The summed E-state index contributed by atoms with van der Waals surface area (Å²) in [4.78, 5) is 22.8. The maximum Gasteiger partial charge on any atom is 0.329 e. The summed E-state index contributed by atoms with van der Waals surface area (Å²) in [5.74, 6) is -1.01. The van der Waals surface area contributed by atoms with Crippen molar-refractivity contribution < 1.29 is 14.7 Å². The minimum Gasteiger partial charge on any atom is -0.480 e. The Morgan fingerprint density at radius 3 is 2.33 bits per heavy atom. The van der Waals surface area contributed by atoms with Crippen LogP contribution in [0.5, 0.6) is 0 Å². The second-order valence-corrected chi connectivity index (χ2v) is 4.63. The van der Waals surface area contributed by atoms with Gasteiger partial charge in [0.15, 0.2) is 0 Å². The van der Waals surface area contributed by atoms with Crippen molar-refractivity contribution in [2.75, 3.05) is 13.1 Å². The Bertz CT molecular complexity index is 297. The average Bonchev–Trinajstić information content (AvgIpc) is 2.81. The van der Waals surface area contributed by atoms with Crippen LogP contribution in [-0.2, 0) is 9.59 Å². The van der Waals surface area contributed by atoms with Crippen molar-refractivity contribution in [2.24, 2.45) is 11.8 Å². The van der Waals surface area contributed by atoms with Gasteiger partial charge in [-0.1, -0.05) is 0 Å². The molecular formula is C10H16N2O3. The van der Waals surface area contributed by atoms with Crippen LogP contribution in [0.3, 0.4) is 0 Å². The fraction of sp³-hybridized carbons (Fsp3) is 0.800. The second kappa shape index (κ2) is 3.48. The van der Waals surface area contributed by atoms with Gasteiger partial charge >= 0.3 is 5.97 Å². The lowest BCUT2D eigenvalue weighted by atomic mass is 9.93. The Balaban J connectivity index is 1.99. The molecule has 2 rings (SSSR count). The number of aliphatic carboxylic acids is 1. The lowest BCUT2D eigenvalue weighted by molar-refractivity contribution is -0.148. The predicted octanol–water partition coefficient (Wildman–Crippen LogP) is -0.425. The van der Waals surface area contributed by atoms with Crippen molar-refractivity contribution in [1.29, 1.82) is 0 Å². The number of carbonyl (C=O) groups excluding carboxylic acids is 1. The van der Waals surface area contributed by atoms with Crippen molar-refractivity contribution in [3.63, 3.8) is 0 Å². The van der Waals surface area contributed by atoms with Gasteiger partial charge in [-0.15, -0.1) is 0 Å². The van der Waals surface area contributed by atoms with E-state index in [0.29, 0.717) is 13.1 Å². The molecule has 1 aliphatic carbocycles. The molecule has 1 saturated heterocycles. The van der Waals surface area contributed by atoms with Crippen molar-refractivity contribution in [3.8, 4) is 0 Å². The first-order valence-electron chi connectivity index (χ1n) is 5.30. The van der Waals surface area contributed by atoms with Gasteiger partial charge in [0.2, 0.25) is 5.91 Å². The van der Waals surface area contributed by atoms with E-state index >= 15 is 0 Å². The standard InChI is InChI=1S/C10H16N2O3/c1-10(9(14)15,7-2-3-7)12-8(13)6-4-11-5-6/h6-7,11H,2-5H2,1H3,(H,12,13)(H,14,15). The number of nitrogens with one attached hydrogen (secondary N) is 2. The number of rotatable bonds is 4. The summed E-state index contributed by atoms with van der Waals surface area (Å²) in [6.45, 7) is 2.93. The van der Waals surface area contributed by atoms with Crippen LogP contribution in [0, 0.1) is 11.8 Å². The van der Waals surface area contributed by atoms with E-state index in [2.05, 4.69) is 10.6 Å². The zero-order valence-electron chi connectivity index (χ0n) is 8.75. The second-order valence-electron chi connectivity index (χ2n) is 4.63. The molecule has 84 valence electrons. The van der Waals surface area contributed by atoms with E-state index in [4.69, 9.17) is 5.11 Å². The first-order valence-corrected chi connectivity index (χ1v) is 5.30. The van der Waals surface area contributed by atoms with E-state index in [1.165, 1.54) is 0 Å². The smallest absolute Gasteiger partial charge is 0.329 e. The first-order chi connectivity index (χ1) is 7.04. The Morgan fingerprint density at radius 1 is 1.40 bits per heavy atom. The van der Waals surface area contributed by atoms with Gasteiger partial charge in [-0.3, -0.25) is 4.79 Å². The Hall–Kier alpha value is -1.10. The van der Waals surface area contributed by atoms with Crippen LogP contribution in [-0.4, -0.2) is 35.6 Å². The van der Waals surface area contributed by atoms with Crippen LogP contribution in [0.1, 0.15) is 19.8 Å². The van der Waals surface area contributed by atoms with Crippen molar-refractivity contribution in [1.82, 2.24) is 10.6 Å². The van der Waals surface area contributed by atoms with Gasteiger partial charge in [-0.25, -0.2) is 4.79 Å². The third-order valence-electron chi connectivity index (χ3n) is 3.37. The molecule has 0 bridgehead atoms. The summed E-state index contributed by atoms with van der Waals surface area (Å²) >= 11 is 0. The van der Waals surface area contributed by atoms with Crippen LogP contribution >= 0.6 is 0 Å². The molecule has 1 heterocycles. The lowest BCUT2D eigenvalue weighted by Gasteiger charge is -2.32. The molecule has 0 spiro atoms. The van der Waals surface area contributed by atoms with Gasteiger partial charge in [-0.05, 0) is 25.7 Å². The van der Waals surface area contributed by atoms with Crippen LogP contribution in [0.2, 0.25) is 0 Å². The van der Waals surface area contributed by atoms with E-state index in [1.807, 2.05) is 0 Å². The maximum absolute atomic E-state index is 11.7. The van der Waals surface area contributed by atoms with Gasteiger partial charge in [0.1, 0.15) is 5.54 Å². The number of hydrogen-bond acceptors (Lipinski definition) is 3. The van der Waals surface area contributed by atoms with Gasteiger partial charge in [0.25, 0.3) is 0 Å². The highest BCUT2D eigenvalue weighted by molar-refractivity contribution is 5.89. The molecule has 0 aromatic heterocycles. The molecule has 5 heteroatoms. The Kier molecular flexibility index (Phi) is 2.42. The van der Waals surface area contributed by atoms with E-state index in [0.717, 1.165) is 12.8 Å². The normalized spacial score (nSPS) is 25.1. The number of amides is 1. The third kappa shape index (κ3) is 1.84. The van der Waals surface area contributed by atoms with E-state index in [1.54, 1.807) is 6.92 Å². The molecule has 1 amide bonds. The molecule has 1 unspecified atom stereocenters. The molecule has 3 N–H and O–H groups in total. The summed E-state index contributed by atoms with van der Waals surface area (Å²) < 4.78 is 0. The fourth-order valence-corrected chi connectivity index (χ4v) is 1.82. The molecule has 1 atom stereocenters. The minimum atomic E-state index is -1.06. The van der Waals surface area contributed by atoms with Crippen molar-refractivity contribution in [2.45, 2.75) is 25.3 Å². The fourth-order valence-electron chi connectivity index (χ4n) is 1.82. The topological polar surface area (TPSA) is 78.4 Å². The largest absolute Gasteiger partial charge is 0.480 e. The lowest BCUT2D eigenvalue weighted by Crippen LogP contribution is -2.60. The molecule has 0 aromatic rings. The van der Waals surface area contributed by atoms with Crippen molar-refractivity contribution in [3.05, 3.63) is 0 Å². The van der Waals surface area contributed by atoms with E-state index in [9.17, 15) is 9.59 Å². The highest BCUT2D eigenvalue weighted by atomic mass is 16.4. The van der Waals surface area contributed by atoms with Gasteiger partial charge in [0.05, 0.1) is 5.92 Å². The van der Waals surface area contributed by atoms with E-state index < -0.39 is 11.5 Å². The molecule has 2 aliphatic rings. The molecule has 0 radical (unpaired) electrons. The molecule has 2 fully saturated rings. The highest BCUT2D eigenvalue weighted by Crippen LogP contribution is 2.39. The number of carbonyl (C=O) groups is 2. The van der Waals surface area contributed by atoms with Crippen LogP contribution in [0.15, 0.2) is 0 Å². The van der Waals surface area contributed by atoms with Crippen molar-refractivity contribution >= 4 is 11.9 Å². The maximum atomic E-state index is 11.7. The highest BCUT2D eigenvalue weighted by Gasteiger charge is 2.49. The molecule has 0 aromatic carbocycles. The van der Waals surface area contributed by atoms with Crippen LogP contribution < -0.4 is 10.6 Å². The quantitative estimate of drug-likeness (QED) is 0.591. The average molecular weight is 212 g/mol. The Labute approximate surface area is 88.2 Å². The van der Waals surface area contributed by atoms with Crippen LogP contribution in [0.4, 0.5) is 0 Å². The van der Waals surface area contributed by atoms with Gasteiger partial charge < -0.3 is 15.7 Å². The minimum absolute atomic E-state index is 0.0533. The number of carboxylic acids is 1. The summed E-state index contributed by atoms with van der Waals surface area (Å²) in [5, 5.41) is 14.8. The monoisotopic (exact) mass is 212 g/mol. The zero-order valence-corrected chi connectivity index (χ0v) is 8.75. The summed E-state index contributed by atoms with van der Waals surface area (Å²) in [7, 11) is 0. The van der Waals surface area contributed by atoms with Crippen LogP contribution in [0.25, 0.3) is 0 Å². The summed E-state index contributed by atoms with van der Waals surface area (Å²) in [6, 6.07) is 0. The number of hydrogen-bond donors (Lipinski definition) is 3. The van der Waals surface area contributed by atoms with Gasteiger partial charge in [-0.2, -0.15) is 0 Å². The molecule has 5 nitrogen and oxygen atoms in total. The molecule has 15 heavy (non-hydrogen) atoms. The summed E-state index contributed by atoms with van der Waals surface area (Å²) in [6.07, 6.45) is 1.79. The summed E-state index contributed by atoms with van der Waals surface area (Å²) in [5.41, 5.74) is -1.06. The molecule has 1 aliphatic heterocycles. The first kappa shape index (κ1) is 10.4. The van der Waals surface area contributed by atoms with Gasteiger partial charge in [0, 0.05) is 13.1 Å². The Morgan fingerprint density at radius 2 is 2.00 bits per heavy atom. The van der Waals surface area contributed by atoms with E-state index in [-0.39, 0.29) is 17.7 Å². The molecular weight excluding hydrogens is 196 g/mol. The zero-order chi connectivity index (χ0) is 11.1. The third-order valence-corrected chi connectivity index (χ3v) is 3.37. The molecule has 1 saturated carbocycles. The predicted molar refractivity (Wildman–Crippen MR) is 53.3 cm³/mol. The number of carboxylic acid groups (broad SMARTS) is 1. The SMILES string of the molecule is CC(NC(=O)C1CNC1)(C(=O)O)C1CC1.